The molecule has 0 aliphatic heterocycles. The quantitative estimate of drug-likeness (QED) is 0.607. The predicted octanol–water partition coefficient (Wildman–Crippen LogP) is 2.58. The number of aliphatic hydroxyl groups is 1. The first kappa shape index (κ1) is 9.05. The van der Waals surface area contributed by atoms with Gasteiger partial charge in [-0.05, 0) is 24.7 Å². The van der Waals surface area contributed by atoms with Gasteiger partial charge in [0.25, 0.3) is 0 Å². The molecule has 0 aromatic rings. The van der Waals surface area contributed by atoms with Crippen molar-refractivity contribution in [3.63, 3.8) is 0 Å². The highest BCUT2D eigenvalue weighted by Crippen LogP contribution is 2.41. The van der Waals surface area contributed by atoms with E-state index in [1.807, 2.05) is 0 Å². The van der Waals surface area contributed by atoms with E-state index in [-0.39, 0.29) is 6.10 Å². The molecule has 0 spiro atoms. The van der Waals surface area contributed by atoms with E-state index in [4.69, 9.17) is 0 Å². The first-order valence-corrected chi connectivity index (χ1v) is 4.93. The zero-order chi connectivity index (χ0) is 8.27. The number of rotatable bonds is 5. The molecule has 1 aliphatic rings. The summed E-state index contributed by atoms with van der Waals surface area (Å²) in [6.45, 7) is 4.43. The maximum absolute atomic E-state index is 9.59. The first-order valence-electron chi connectivity index (χ1n) is 4.93. The minimum absolute atomic E-state index is 0.0107. The molecule has 0 bridgehead atoms. The molecule has 11 heavy (non-hydrogen) atoms. The lowest BCUT2D eigenvalue weighted by Gasteiger charge is -2.07. The van der Waals surface area contributed by atoms with Gasteiger partial charge in [-0.1, -0.05) is 33.1 Å². The van der Waals surface area contributed by atoms with Crippen LogP contribution in [-0.2, 0) is 0 Å². The Hall–Kier alpha value is -0.0400. The van der Waals surface area contributed by atoms with E-state index in [9.17, 15) is 5.11 Å². The van der Waals surface area contributed by atoms with Gasteiger partial charge in [0.2, 0.25) is 0 Å². The molecule has 0 amide bonds. The molecule has 1 rings (SSSR count). The van der Waals surface area contributed by atoms with Gasteiger partial charge in [0.1, 0.15) is 0 Å². The fourth-order valence-electron chi connectivity index (χ4n) is 1.70. The Bertz CT molecular complexity index is 111. The average molecular weight is 156 g/mol. The summed E-state index contributed by atoms with van der Waals surface area (Å²) < 4.78 is 0. The van der Waals surface area contributed by atoms with Crippen molar-refractivity contribution < 1.29 is 5.11 Å². The Morgan fingerprint density at radius 1 is 1.45 bits per heavy atom. The largest absolute Gasteiger partial charge is 0.393 e. The van der Waals surface area contributed by atoms with Gasteiger partial charge in [-0.3, -0.25) is 0 Å². The van der Waals surface area contributed by atoms with Crippen LogP contribution in [0.2, 0.25) is 0 Å². The number of aliphatic hydroxyl groups excluding tert-OH is 1. The predicted molar refractivity (Wildman–Crippen MR) is 47.4 cm³/mol. The summed E-state index contributed by atoms with van der Waals surface area (Å²) in [6.07, 6.45) is 6.04. The number of hydrogen-bond donors (Lipinski definition) is 1. The molecule has 3 atom stereocenters. The average Bonchev–Trinajstić information content (AvgIpc) is 2.67. The monoisotopic (exact) mass is 156 g/mol. The van der Waals surface area contributed by atoms with Crippen LogP contribution in [0.5, 0.6) is 0 Å². The Balaban J connectivity index is 1.98. The fourth-order valence-corrected chi connectivity index (χ4v) is 1.70. The highest BCUT2D eigenvalue weighted by molar-refractivity contribution is 4.87. The molecular formula is C10H20O. The molecule has 1 saturated carbocycles. The third-order valence-corrected chi connectivity index (χ3v) is 2.77. The Kier molecular flexibility index (Phi) is 3.38. The van der Waals surface area contributed by atoms with Crippen molar-refractivity contribution in [3.05, 3.63) is 0 Å². The molecule has 0 aromatic heterocycles. The minimum Gasteiger partial charge on any atom is -0.393 e. The zero-order valence-electron chi connectivity index (χ0n) is 7.71. The Morgan fingerprint density at radius 3 is 2.55 bits per heavy atom. The van der Waals surface area contributed by atoms with E-state index in [1.54, 1.807) is 0 Å². The van der Waals surface area contributed by atoms with Crippen molar-refractivity contribution in [1.82, 2.24) is 0 Å². The van der Waals surface area contributed by atoms with Crippen LogP contribution in [0.3, 0.4) is 0 Å². The zero-order valence-corrected chi connectivity index (χ0v) is 7.71. The highest BCUT2D eigenvalue weighted by Gasteiger charge is 2.37. The number of unbranched alkanes of at least 4 members (excludes halogenated alkanes) is 2. The highest BCUT2D eigenvalue weighted by atomic mass is 16.3. The van der Waals surface area contributed by atoms with E-state index >= 15 is 0 Å². The summed E-state index contributed by atoms with van der Waals surface area (Å²) >= 11 is 0. The summed E-state index contributed by atoms with van der Waals surface area (Å²) in [5.74, 6) is 1.44. The van der Waals surface area contributed by atoms with Crippen LogP contribution in [-0.4, -0.2) is 11.2 Å². The van der Waals surface area contributed by atoms with E-state index in [2.05, 4.69) is 13.8 Å². The van der Waals surface area contributed by atoms with Crippen LogP contribution in [0.1, 0.15) is 46.0 Å². The molecule has 0 heterocycles. The Morgan fingerprint density at radius 2 is 2.09 bits per heavy atom. The second-order valence-electron chi connectivity index (χ2n) is 3.94. The second kappa shape index (κ2) is 4.10. The SMILES string of the molecule is CCCCCC(O)C1CC1C. The van der Waals surface area contributed by atoms with Gasteiger partial charge in [0.15, 0.2) is 0 Å². The van der Waals surface area contributed by atoms with Crippen LogP contribution >= 0.6 is 0 Å². The van der Waals surface area contributed by atoms with Crippen LogP contribution in [0.4, 0.5) is 0 Å². The molecular weight excluding hydrogens is 136 g/mol. The molecule has 1 fully saturated rings. The third kappa shape index (κ3) is 2.82. The van der Waals surface area contributed by atoms with Gasteiger partial charge < -0.3 is 5.11 Å². The van der Waals surface area contributed by atoms with Gasteiger partial charge in [-0.15, -0.1) is 0 Å². The molecule has 1 aliphatic carbocycles. The van der Waals surface area contributed by atoms with Crippen molar-refractivity contribution in [2.75, 3.05) is 0 Å². The molecule has 1 nitrogen and oxygen atoms in total. The van der Waals surface area contributed by atoms with Crippen LogP contribution in [0.15, 0.2) is 0 Å². The molecule has 1 N–H and O–H groups in total. The van der Waals surface area contributed by atoms with Gasteiger partial charge in [-0.2, -0.15) is 0 Å². The van der Waals surface area contributed by atoms with Crippen molar-refractivity contribution >= 4 is 0 Å². The molecule has 66 valence electrons. The summed E-state index contributed by atoms with van der Waals surface area (Å²) in [6, 6.07) is 0. The molecule has 1 heteroatoms. The van der Waals surface area contributed by atoms with Crippen LogP contribution < -0.4 is 0 Å². The van der Waals surface area contributed by atoms with E-state index in [0.29, 0.717) is 5.92 Å². The summed E-state index contributed by atoms with van der Waals surface area (Å²) in [7, 11) is 0. The van der Waals surface area contributed by atoms with Crippen LogP contribution in [0.25, 0.3) is 0 Å². The van der Waals surface area contributed by atoms with Crippen LogP contribution in [0, 0.1) is 11.8 Å². The van der Waals surface area contributed by atoms with Gasteiger partial charge in [0.05, 0.1) is 6.10 Å². The first-order chi connectivity index (χ1) is 5.25. The van der Waals surface area contributed by atoms with E-state index in [0.717, 1.165) is 12.3 Å². The van der Waals surface area contributed by atoms with Crippen molar-refractivity contribution in [3.8, 4) is 0 Å². The van der Waals surface area contributed by atoms with E-state index < -0.39 is 0 Å². The molecule has 0 aromatic carbocycles. The normalized spacial score (nSPS) is 31.9. The van der Waals surface area contributed by atoms with Gasteiger partial charge in [0, 0.05) is 0 Å². The van der Waals surface area contributed by atoms with Gasteiger partial charge in [-0.25, -0.2) is 0 Å². The lowest BCUT2D eigenvalue weighted by molar-refractivity contribution is 0.133. The lowest BCUT2D eigenvalue weighted by atomic mass is 10.1. The topological polar surface area (TPSA) is 20.2 Å². The Labute approximate surface area is 69.8 Å². The maximum Gasteiger partial charge on any atom is 0.0571 e. The van der Waals surface area contributed by atoms with Crippen molar-refractivity contribution in [2.24, 2.45) is 11.8 Å². The molecule has 0 saturated heterocycles. The number of hydrogen-bond acceptors (Lipinski definition) is 1. The second-order valence-corrected chi connectivity index (χ2v) is 3.94. The standard InChI is InChI=1S/C10H20O/c1-3-4-5-6-10(11)9-7-8(9)2/h8-11H,3-7H2,1-2H3. The van der Waals surface area contributed by atoms with Crippen molar-refractivity contribution in [2.45, 2.75) is 52.1 Å². The fraction of sp³-hybridized carbons (Fsp3) is 1.00. The maximum atomic E-state index is 9.59. The smallest absolute Gasteiger partial charge is 0.0571 e. The van der Waals surface area contributed by atoms with Crippen molar-refractivity contribution in [1.29, 1.82) is 0 Å². The summed E-state index contributed by atoms with van der Waals surface area (Å²) in [5, 5.41) is 9.59. The summed E-state index contributed by atoms with van der Waals surface area (Å²) in [5.41, 5.74) is 0. The third-order valence-electron chi connectivity index (χ3n) is 2.77. The molecule has 0 radical (unpaired) electrons. The van der Waals surface area contributed by atoms with Gasteiger partial charge >= 0.3 is 0 Å². The molecule has 3 unspecified atom stereocenters. The lowest BCUT2D eigenvalue weighted by Crippen LogP contribution is -2.09. The minimum atomic E-state index is 0.0107. The summed E-state index contributed by atoms with van der Waals surface area (Å²) in [4.78, 5) is 0. The van der Waals surface area contributed by atoms with E-state index in [1.165, 1.54) is 25.7 Å².